The van der Waals surface area contributed by atoms with Crippen molar-refractivity contribution < 1.29 is 9.53 Å². The van der Waals surface area contributed by atoms with E-state index in [4.69, 9.17) is 10.5 Å². The summed E-state index contributed by atoms with van der Waals surface area (Å²) < 4.78 is 12.0. The van der Waals surface area contributed by atoms with Crippen LogP contribution in [-0.4, -0.2) is 32.0 Å². The quantitative estimate of drug-likeness (QED) is 0.519. The Bertz CT molecular complexity index is 1130. The molecule has 9 heteroatoms. The fourth-order valence-electron chi connectivity index (χ4n) is 4.11. The number of aromatic nitrogens is 3. The minimum atomic E-state index is -0.556. The average molecular weight is 468 g/mol. The van der Waals surface area contributed by atoms with Gasteiger partial charge in [0.2, 0.25) is 0 Å². The van der Waals surface area contributed by atoms with E-state index in [1.54, 1.807) is 16.7 Å². The highest BCUT2D eigenvalue weighted by molar-refractivity contribution is 7.03. The predicted octanol–water partition coefficient (Wildman–Crippen LogP) is 3.92. The van der Waals surface area contributed by atoms with Crippen LogP contribution < -0.4 is 21.3 Å². The Kier molecular flexibility index (Phi) is 7.08. The third-order valence-electron chi connectivity index (χ3n) is 5.74. The molecule has 0 saturated heterocycles. The molecule has 33 heavy (non-hydrogen) atoms. The minimum Gasteiger partial charge on any atom is -0.489 e. The van der Waals surface area contributed by atoms with E-state index in [9.17, 15) is 9.59 Å². The van der Waals surface area contributed by atoms with E-state index in [0.29, 0.717) is 23.9 Å². The van der Waals surface area contributed by atoms with Crippen molar-refractivity contribution in [2.75, 3.05) is 5.32 Å². The van der Waals surface area contributed by atoms with Crippen LogP contribution in [0.3, 0.4) is 0 Å². The standard InChI is InChI=1S/C24H29N5O3S/c1-15(2)12-29-13-16(17-10-27-33-14-17)9-22(24(29)31)28-18-3-5-19(6-4-18)32-20-7-8-21(23(25)30)26-11-20/h7-11,13-15,18-19,28H,3-6,12H2,1-2H3,(H2,25,30). The molecule has 1 fully saturated rings. The lowest BCUT2D eigenvalue weighted by Crippen LogP contribution is -2.34. The summed E-state index contributed by atoms with van der Waals surface area (Å²) in [5.74, 6) is 0.440. The van der Waals surface area contributed by atoms with Gasteiger partial charge in [-0.1, -0.05) is 13.8 Å². The normalized spacial score (nSPS) is 18.3. The second kappa shape index (κ2) is 10.2. The Morgan fingerprint density at radius 2 is 2.03 bits per heavy atom. The third-order valence-corrected chi connectivity index (χ3v) is 6.33. The van der Waals surface area contributed by atoms with Crippen LogP contribution in [0.25, 0.3) is 11.1 Å². The molecule has 4 rings (SSSR count). The summed E-state index contributed by atoms with van der Waals surface area (Å²) >= 11 is 1.40. The van der Waals surface area contributed by atoms with E-state index < -0.39 is 5.91 Å². The van der Waals surface area contributed by atoms with Crippen LogP contribution in [0.4, 0.5) is 5.69 Å². The third kappa shape index (κ3) is 5.78. The molecule has 8 nitrogen and oxygen atoms in total. The van der Waals surface area contributed by atoms with Crippen molar-refractivity contribution in [2.24, 2.45) is 11.7 Å². The molecular weight excluding hydrogens is 438 g/mol. The molecule has 0 unspecified atom stereocenters. The molecule has 3 aromatic rings. The minimum absolute atomic E-state index is 0.00891. The van der Waals surface area contributed by atoms with Gasteiger partial charge in [-0.15, -0.1) is 0 Å². The van der Waals surface area contributed by atoms with Gasteiger partial charge in [0.25, 0.3) is 11.5 Å². The number of rotatable bonds is 8. The van der Waals surface area contributed by atoms with Gasteiger partial charge in [-0.3, -0.25) is 9.59 Å². The van der Waals surface area contributed by atoms with E-state index in [1.807, 2.05) is 23.8 Å². The van der Waals surface area contributed by atoms with Crippen LogP contribution in [0.15, 0.2) is 47.0 Å². The summed E-state index contributed by atoms with van der Waals surface area (Å²) in [7, 11) is 0. The SMILES string of the molecule is CC(C)Cn1cc(-c2cnsc2)cc(NC2CCC(Oc3ccc(C(N)=O)nc3)CC2)c1=O. The second-order valence-corrected chi connectivity index (χ2v) is 9.54. The van der Waals surface area contributed by atoms with Crippen molar-refractivity contribution in [1.29, 1.82) is 0 Å². The highest BCUT2D eigenvalue weighted by atomic mass is 32.1. The number of nitrogens with one attached hydrogen (secondary N) is 1. The van der Waals surface area contributed by atoms with E-state index in [-0.39, 0.29) is 23.4 Å². The van der Waals surface area contributed by atoms with Crippen LogP contribution in [0, 0.1) is 5.92 Å². The maximum absolute atomic E-state index is 13.1. The Labute approximate surface area is 197 Å². The summed E-state index contributed by atoms with van der Waals surface area (Å²) in [4.78, 5) is 28.3. The smallest absolute Gasteiger partial charge is 0.273 e. The van der Waals surface area contributed by atoms with Crippen LogP contribution >= 0.6 is 11.5 Å². The van der Waals surface area contributed by atoms with Crippen molar-refractivity contribution >= 4 is 23.1 Å². The monoisotopic (exact) mass is 467 g/mol. The van der Waals surface area contributed by atoms with Gasteiger partial charge in [-0.05, 0) is 61.3 Å². The lowest BCUT2D eigenvalue weighted by Gasteiger charge is -2.30. The summed E-state index contributed by atoms with van der Waals surface area (Å²) in [5, 5.41) is 5.50. The molecule has 1 aliphatic rings. The molecule has 1 saturated carbocycles. The topological polar surface area (TPSA) is 112 Å². The number of anilines is 1. The van der Waals surface area contributed by atoms with Crippen molar-refractivity contribution in [2.45, 2.75) is 58.2 Å². The van der Waals surface area contributed by atoms with Gasteiger partial charge in [0.15, 0.2) is 0 Å². The van der Waals surface area contributed by atoms with Gasteiger partial charge in [0.05, 0.1) is 12.3 Å². The van der Waals surface area contributed by atoms with E-state index in [0.717, 1.165) is 36.8 Å². The van der Waals surface area contributed by atoms with Gasteiger partial charge in [-0.2, -0.15) is 0 Å². The number of primary amides is 1. The number of amides is 1. The summed E-state index contributed by atoms with van der Waals surface area (Å²) in [6.45, 7) is 4.88. The van der Waals surface area contributed by atoms with Crippen molar-refractivity contribution in [3.8, 4) is 16.9 Å². The summed E-state index contributed by atoms with van der Waals surface area (Å²) in [5.41, 5.74) is 8.11. The molecule has 0 spiro atoms. The highest BCUT2D eigenvalue weighted by Gasteiger charge is 2.24. The van der Waals surface area contributed by atoms with Crippen LogP contribution in [-0.2, 0) is 6.54 Å². The zero-order valence-corrected chi connectivity index (χ0v) is 19.7. The molecule has 0 bridgehead atoms. The Hall–Kier alpha value is -3.20. The molecule has 3 N–H and O–H groups in total. The van der Waals surface area contributed by atoms with Crippen molar-refractivity contribution in [3.63, 3.8) is 0 Å². The van der Waals surface area contributed by atoms with Crippen molar-refractivity contribution in [3.05, 3.63) is 58.2 Å². The Morgan fingerprint density at radius 1 is 1.24 bits per heavy atom. The largest absolute Gasteiger partial charge is 0.489 e. The summed E-state index contributed by atoms with van der Waals surface area (Å²) in [6.07, 6.45) is 8.89. The van der Waals surface area contributed by atoms with Gasteiger partial charge in [0.1, 0.15) is 17.1 Å². The molecule has 0 atom stereocenters. The highest BCUT2D eigenvalue weighted by Crippen LogP contribution is 2.27. The van der Waals surface area contributed by atoms with Crippen molar-refractivity contribution in [1.82, 2.24) is 13.9 Å². The van der Waals surface area contributed by atoms with Crippen LogP contribution in [0.5, 0.6) is 5.75 Å². The van der Waals surface area contributed by atoms with E-state index in [1.165, 1.54) is 17.7 Å². The van der Waals surface area contributed by atoms with Gasteiger partial charge in [0, 0.05) is 41.5 Å². The first-order valence-electron chi connectivity index (χ1n) is 11.2. The molecule has 1 amide bonds. The van der Waals surface area contributed by atoms with Gasteiger partial charge < -0.3 is 20.4 Å². The lowest BCUT2D eigenvalue weighted by atomic mass is 9.92. The number of hydrogen-bond donors (Lipinski definition) is 2. The molecular formula is C24H29N5O3S. The van der Waals surface area contributed by atoms with E-state index in [2.05, 4.69) is 28.5 Å². The number of hydrogen-bond acceptors (Lipinski definition) is 7. The molecule has 3 heterocycles. The first-order valence-corrected chi connectivity index (χ1v) is 12.1. The number of ether oxygens (including phenoxy) is 1. The Morgan fingerprint density at radius 3 is 2.64 bits per heavy atom. The molecule has 3 aromatic heterocycles. The second-order valence-electron chi connectivity index (χ2n) is 8.89. The Balaban J connectivity index is 1.42. The number of pyridine rings is 2. The maximum Gasteiger partial charge on any atom is 0.273 e. The van der Waals surface area contributed by atoms with E-state index >= 15 is 0 Å². The average Bonchev–Trinajstić information content (AvgIpc) is 3.33. The van der Waals surface area contributed by atoms with Gasteiger partial charge >= 0.3 is 0 Å². The maximum atomic E-state index is 13.1. The first-order chi connectivity index (χ1) is 15.9. The fourth-order valence-corrected chi connectivity index (χ4v) is 4.65. The van der Waals surface area contributed by atoms with Gasteiger partial charge in [-0.25, -0.2) is 9.36 Å². The zero-order chi connectivity index (χ0) is 23.4. The number of nitrogens with zero attached hydrogens (tertiary/aromatic N) is 3. The molecule has 0 aromatic carbocycles. The molecule has 174 valence electrons. The zero-order valence-electron chi connectivity index (χ0n) is 18.9. The molecule has 0 aliphatic heterocycles. The van der Waals surface area contributed by atoms with Crippen LogP contribution in [0.2, 0.25) is 0 Å². The molecule has 1 aliphatic carbocycles. The lowest BCUT2D eigenvalue weighted by molar-refractivity contribution is 0.0995. The predicted molar refractivity (Wildman–Crippen MR) is 130 cm³/mol. The fraction of sp³-hybridized carbons (Fsp3) is 0.417. The molecule has 0 radical (unpaired) electrons. The summed E-state index contributed by atoms with van der Waals surface area (Å²) in [6, 6.07) is 5.44. The number of nitrogens with two attached hydrogens (primary N) is 1. The number of carbonyl (C=O) groups is 1. The first kappa shape index (κ1) is 23.0. The number of carbonyl (C=O) groups excluding carboxylic acids is 1. The van der Waals surface area contributed by atoms with Crippen LogP contribution in [0.1, 0.15) is 50.0 Å².